The zero-order valence-electron chi connectivity index (χ0n) is 8.06. The summed E-state index contributed by atoms with van der Waals surface area (Å²) in [5.74, 6) is -1.16. The van der Waals surface area contributed by atoms with Gasteiger partial charge >= 0.3 is 5.97 Å². The molecule has 0 atom stereocenters. The molecule has 5 heteroatoms. The lowest BCUT2D eigenvalue weighted by molar-refractivity contribution is 0.0691. The van der Waals surface area contributed by atoms with Crippen molar-refractivity contribution in [3.05, 3.63) is 29.5 Å². The molecule has 0 radical (unpaired) electrons. The molecule has 0 bridgehead atoms. The summed E-state index contributed by atoms with van der Waals surface area (Å²) >= 11 is 0. The largest absolute Gasteiger partial charge is 0.476 e. The van der Waals surface area contributed by atoms with Crippen LogP contribution in [0.1, 0.15) is 16.1 Å². The van der Waals surface area contributed by atoms with Crippen LogP contribution in [0.15, 0.2) is 18.2 Å². The van der Waals surface area contributed by atoms with Gasteiger partial charge in [0.2, 0.25) is 0 Å². The summed E-state index contributed by atoms with van der Waals surface area (Å²) in [5, 5.41) is 16.8. The molecule has 5 nitrogen and oxygen atoms in total. The Kier molecular flexibility index (Phi) is 2.00. The Hall–Kier alpha value is -2.17. The number of aromatic nitrogens is 2. The van der Waals surface area contributed by atoms with Gasteiger partial charge in [-0.3, -0.25) is 0 Å². The number of nitrogen functional groups attached to an aromatic ring is 1. The molecule has 0 spiro atoms. The van der Waals surface area contributed by atoms with Gasteiger partial charge in [-0.2, -0.15) is 0 Å². The summed E-state index contributed by atoms with van der Waals surface area (Å²) in [5.41, 5.74) is 7.27. The van der Waals surface area contributed by atoms with Gasteiger partial charge in [0.1, 0.15) is 0 Å². The van der Waals surface area contributed by atoms with E-state index in [2.05, 4.69) is 10.2 Å². The first-order valence-electron chi connectivity index (χ1n) is 4.35. The van der Waals surface area contributed by atoms with Crippen molar-refractivity contribution in [2.24, 2.45) is 0 Å². The van der Waals surface area contributed by atoms with Crippen LogP contribution < -0.4 is 5.73 Å². The number of nitrogens with two attached hydrogens (primary N) is 1. The number of carboxylic acids is 1. The number of benzene rings is 1. The van der Waals surface area contributed by atoms with Crippen LogP contribution in [0.25, 0.3) is 10.9 Å². The molecule has 0 saturated heterocycles. The molecule has 15 heavy (non-hydrogen) atoms. The maximum atomic E-state index is 10.8. The highest BCUT2D eigenvalue weighted by molar-refractivity contribution is 6.01. The zero-order chi connectivity index (χ0) is 11.0. The van der Waals surface area contributed by atoms with Crippen molar-refractivity contribution in [3.63, 3.8) is 0 Å². The summed E-state index contributed by atoms with van der Waals surface area (Å²) in [6.07, 6.45) is 0. The number of hydrogen-bond acceptors (Lipinski definition) is 4. The molecule has 0 fully saturated rings. The second-order valence-electron chi connectivity index (χ2n) is 3.29. The molecular weight excluding hydrogens is 194 g/mol. The second kappa shape index (κ2) is 3.20. The van der Waals surface area contributed by atoms with Gasteiger partial charge in [0.25, 0.3) is 0 Å². The van der Waals surface area contributed by atoms with Crippen LogP contribution >= 0.6 is 0 Å². The summed E-state index contributed by atoms with van der Waals surface area (Å²) in [6, 6.07) is 5.43. The smallest absolute Gasteiger partial charge is 0.358 e. The monoisotopic (exact) mass is 203 g/mol. The highest BCUT2D eigenvalue weighted by atomic mass is 16.4. The maximum Gasteiger partial charge on any atom is 0.358 e. The van der Waals surface area contributed by atoms with E-state index in [1.54, 1.807) is 12.1 Å². The van der Waals surface area contributed by atoms with Gasteiger partial charge in [-0.1, -0.05) is 11.6 Å². The van der Waals surface area contributed by atoms with Crippen molar-refractivity contribution in [2.45, 2.75) is 6.92 Å². The highest BCUT2D eigenvalue weighted by Gasteiger charge is 2.13. The van der Waals surface area contributed by atoms with Crippen LogP contribution in [-0.4, -0.2) is 21.3 Å². The van der Waals surface area contributed by atoms with Crippen molar-refractivity contribution >= 4 is 22.6 Å². The number of anilines is 1. The number of rotatable bonds is 1. The predicted octanol–water partition coefficient (Wildman–Crippen LogP) is 1.22. The van der Waals surface area contributed by atoms with Gasteiger partial charge in [-0.15, -0.1) is 10.2 Å². The van der Waals surface area contributed by atoms with Crippen LogP contribution in [-0.2, 0) is 0 Å². The van der Waals surface area contributed by atoms with E-state index in [9.17, 15) is 4.79 Å². The number of fused-ring (bicyclic) bond motifs is 1. The SMILES string of the molecule is Cc1ccc2nnc(C(=O)O)c(N)c2c1. The number of carboxylic acid groups (broad SMARTS) is 1. The number of aryl methyl sites for hydroxylation is 1. The Balaban J connectivity index is 2.82. The Labute approximate surface area is 85.5 Å². The summed E-state index contributed by atoms with van der Waals surface area (Å²) < 4.78 is 0. The van der Waals surface area contributed by atoms with Crippen molar-refractivity contribution in [1.82, 2.24) is 10.2 Å². The number of aromatic carboxylic acids is 1. The summed E-state index contributed by atoms with van der Waals surface area (Å²) in [6.45, 7) is 1.90. The van der Waals surface area contributed by atoms with E-state index < -0.39 is 5.97 Å². The first-order chi connectivity index (χ1) is 7.09. The van der Waals surface area contributed by atoms with Gasteiger partial charge in [-0.25, -0.2) is 4.79 Å². The summed E-state index contributed by atoms with van der Waals surface area (Å²) in [7, 11) is 0. The Bertz CT molecular complexity index is 552. The molecule has 1 aromatic carbocycles. The first-order valence-corrected chi connectivity index (χ1v) is 4.35. The molecule has 0 aliphatic carbocycles. The fourth-order valence-electron chi connectivity index (χ4n) is 1.40. The van der Waals surface area contributed by atoms with E-state index in [1.807, 2.05) is 13.0 Å². The molecular formula is C10H9N3O2. The number of carbonyl (C=O) groups is 1. The first kappa shape index (κ1) is 9.39. The third-order valence-corrected chi connectivity index (χ3v) is 2.16. The third-order valence-electron chi connectivity index (χ3n) is 2.16. The molecule has 1 aromatic heterocycles. The minimum atomic E-state index is -1.16. The van der Waals surface area contributed by atoms with Crippen molar-refractivity contribution in [1.29, 1.82) is 0 Å². The van der Waals surface area contributed by atoms with Gasteiger partial charge < -0.3 is 10.8 Å². The molecule has 0 amide bonds. The van der Waals surface area contributed by atoms with Gasteiger partial charge in [0.15, 0.2) is 5.69 Å². The maximum absolute atomic E-state index is 10.8. The summed E-state index contributed by atoms with van der Waals surface area (Å²) in [4.78, 5) is 10.8. The highest BCUT2D eigenvalue weighted by Crippen LogP contribution is 2.22. The predicted molar refractivity (Wildman–Crippen MR) is 55.6 cm³/mol. The van der Waals surface area contributed by atoms with E-state index in [4.69, 9.17) is 10.8 Å². The van der Waals surface area contributed by atoms with Crippen LogP contribution in [0.2, 0.25) is 0 Å². The van der Waals surface area contributed by atoms with Crippen molar-refractivity contribution in [2.75, 3.05) is 5.73 Å². The van der Waals surface area contributed by atoms with Gasteiger partial charge in [0.05, 0.1) is 11.2 Å². The Morgan fingerprint density at radius 1 is 1.40 bits per heavy atom. The van der Waals surface area contributed by atoms with Crippen LogP contribution in [0.4, 0.5) is 5.69 Å². The number of nitrogens with zero attached hydrogens (tertiary/aromatic N) is 2. The van der Waals surface area contributed by atoms with Gasteiger partial charge in [0, 0.05) is 5.39 Å². The molecule has 0 aliphatic heterocycles. The standard InChI is InChI=1S/C10H9N3O2/c1-5-2-3-7-6(4-5)8(11)9(10(14)15)13-12-7/h2-4H,1H3,(H2,11,12)(H,14,15). The Morgan fingerprint density at radius 3 is 2.80 bits per heavy atom. The third kappa shape index (κ3) is 1.48. The lowest BCUT2D eigenvalue weighted by Gasteiger charge is -2.04. The lowest BCUT2D eigenvalue weighted by atomic mass is 10.1. The molecule has 2 aromatic rings. The van der Waals surface area contributed by atoms with Crippen LogP contribution in [0.5, 0.6) is 0 Å². The van der Waals surface area contributed by atoms with Gasteiger partial charge in [-0.05, 0) is 19.1 Å². The molecule has 76 valence electrons. The van der Waals surface area contributed by atoms with Crippen molar-refractivity contribution in [3.8, 4) is 0 Å². The molecule has 3 N–H and O–H groups in total. The number of hydrogen-bond donors (Lipinski definition) is 2. The lowest BCUT2D eigenvalue weighted by Crippen LogP contribution is -2.07. The minimum absolute atomic E-state index is 0.163. The van der Waals surface area contributed by atoms with Crippen LogP contribution in [0.3, 0.4) is 0 Å². The fraction of sp³-hybridized carbons (Fsp3) is 0.100. The zero-order valence-corrected chi connectivity index (χ0v) is 8.06. The normalized spacial score (nSPS) is 10.5. The average Bonchev–Trinajstić information content (AvgIpc) is 2.19. The molecule has 0 unspecified atom stereocenters. The second-order valence-corrected chi connectivity index (χ2v) is 3.29. The van der Waals surface area contributed by atoms with E-state index in [0.717, 1.165) is 5.56 Å². The van der Waals surface area contributed by atoms with E-state index in [-0.39, 0.29) is 11.4 Å². The fourth-order valence-corrected chi connectivity index (χ4v) is 1.40. The quantitative estimate of drug-likeness (QED) is 0.727. The Morgan fingerprint density at radius 2 is 2.13 bits per heavy atom. The molecule has 1 heterocycles. The molecule has 0 aliphatic rings. The van der Waals surface area contributed by atoms with E-state index >= 15 is 0 Å². The molecule has 2 rings (SSSR count). The van der Waals surface area contributed by atoms with E-state index in [0.29, 0.717) is 10.9 Å². The topological polar surface area (TPSA) is 89.1 Å². The van der Waals surface area contributed by atoms with Crippen molar-refractivity contribution < 1.29 is 9.90 Å². The minimum Gasteiger partial charge on any atom is -0.476 e. The van der Waals surface area contributed by atoms with E-state index in [1.165, 1.54) is 0 Å². The molecule has 0 saturated carbocycles. The average molecular weight is 203 g/mol. The van der Waals surface area contributed by atoms with Crippen LogP contribution in [0, 0.1) is 6.92 Å².